The summed E-state index contributed by atoms with van der Waals surface area (Å²) in [5.41, 5.74) is 0.410. The van der Waals surface area contributed by atoms with Crippen molar-refractivity contribution >= 4 is 0 Å². The maximum absolute atomic E-state index is 10.2. The number of rotatable bonds is 0. The lowest BCUT2D eigenvalue weighted by atomic mass is 9.73. The van der Waals surface area contributed by atoms with Crippen molar-refractivity contribution in [1.82, 2.24) is 4.90 Å². The van der Waals surface area contributed by atoms with Crippen LogP contribution < -0.4 is 0 Å². The lowest BCUT2D eigenvalue weighted by Gasteiger charge is -2.47. The van der Waals surface area contributed by atoms with E-state index in [0.29, 0.717) is 5.92 Å². The van der Waals surface area contributed by atoms with E-state index in [1.807, 2.05) is 0 Å². The van der Waals surface area contributed by atoms with Crippen LogP contribution in [-0.2, 0) is 0 Å². The number of likely N-dealkylation sites (tertiary alicyclic amines) is 1. The van der Waals surface area contributed by atoms with Gasteiger partial charge in [-0.3, -0.25) is 4.90 Å². The molecule has 1 aliphatic rings. The Hall–Kier alpha value is -0.0800. The Bertz CT molecular complexity index is 212. The molecule has 15 heavy (non-hydrogen) atoms. The smallest absolute Gasteiger partial charge is 0.0700 e. The maximum atomic E-state index is 10.2. The molecule has 2 nitrogen and oxygen atoms in total. The molecule has 1 N–H and O–H groups in total. The summed E-state index contributed by atoms with van der Waals surface area (Å²) in [6.45, 7) is 15.3. The predicted octanol–water partition coefficient (Wildman–Crippen LogP) is 2.51. The van der Waals surface area contributed by atoms with Gasteiger partial charge in [-0.05, 0) is 45.1 Å². The second-order valence-electron chi connectivity index (χ2n) is 6.95. The van der Waals surface area contributed by atoms with Crippen LogP contribution in [-0.4, -0.2) is 34.7 Å². The summed E-state index contributed by atoms with van der Waals surface area (Å²) in [5, 5.41) is 10.2. The van der Waals surface area contributed by atoms with Crippen LogP contribution in [0.5, 0.6) is 0 Å². The summed E-state index contributed by atoms with van der Waals surface area (Å²) in [6.07, 6.45) is 0.944. The van der Waals surface area contributed by atoms with Gasteiger partial charge in [-0.2, -0.15) is 0 Å². The van der Waals surface area contributed by atoms with E-state index in [-0.39, 0.29) is 17.1 Å². The number of piperidine rings is 1. The maximum Gasteiger partial charge on any atom is 0.0700 e. The van der Waals surface area contributed by atoms with E-state index in [1.165, 1.54) is 0 Å². The molecule has 2 atom stereocenters. The lowest BCUT2D eigenvalue weighted by molar-refractivity contribution is -0.0501. The molecule has 0 bridgehead atoms. The third-order valence-electron chi connectivity index (χ3n) is 3.64. The van der Waals surface area contributed by atoms with Crippen molar-refractivity contribution in [3.63, 3.8) is 0 Å². The van der Waals surface area contributed by atoms with Gasteiger partial charge in [-0.15, -0.1) is 0 Å². The van der Waals surface area contributed by atoms with Crippen LogP contribution in [0.2, 0.25) is 0 Å². The standard InChI is InChI=1S/C13H27NO/c1-12(2,3)10-7-8-14(9-11(10)15)13(4,5)6/h10-11,15H,7-9H2,1-6H3/t10-,11+/m1/s1. The first-order valence-electron chi connectivity index (χ1n) is 6.05. The van der Waals surface area contributed by atoms with Gasteiger partial charge < -0.3 is 5.11 Å². The molecule has 0 aliphatic carbocycles. The van der Waals surface area contributed by atoms with Crippen LogP contribution in [0.3, 0.4) is 0 Å². The molecule has 0 aromatic rings. The van der Waals surface area contributed by atoms with Gasteiger partial charge >= 0.3 is 0 Å². The Kier molecular flexibility index (Phi) is 3.52. The van der Waals surface area contributed by atoms with Crippen molar-refractivity contribution in [1.29, 1.82) is 0 Å². The van der Waals surface area contributed by atoms with Crippen LogP contribution in [0.4, 0.5) is 0 Å². The number of aliphatic hydroxyl groups is 1. The molecule has 0 radical (unpaired) electrons. The fourth-order valence-corrected chi connectivity index (χ4v) is 2.55. The number of β-amino-alcohol motifs (C(OH)–C–C–N with tert-alkyl or cyclic N) is 1. The first-order chi connectivity index (χ1) is 6.62. The molecule has 1 aliphatic heterocycles. The third kappa shape index (κ3) is 3.18. The van der Waals surface area contributed by atoms with Crippen LogP contribution in [0.25, 0.3) is 0 Å². The van der Waals surface area contributed by atoms with Crippen molar-refractivity contribution in [3.05, 3.63) is 0 Å². The minimum atomic E-state index is -0.169. The average molecular weight is 213 g/mol. The summed E-state index contributed by atoms with van der Waals surface area (Å²) in [6, 6.07) is 0. The molecule has 90 valence electrons. The normalized spacial score (nSPS) is 30.6. The van der Waals surface area contributed by atoms with Crippen LogP contribution in [0.1, 0.15) is 48.0 Å². The fourth-order valence-electron chi connectivity index (χ4n) is 2.55. The van der Waals surface area contributed by atoms with Gasteiger partial charge in [0.1, 0.15) is 0 Å². The summed E-state index contributed by atoms with van der Waals surface area (Å²) in [5.74, 6) is 0.441. The molecule has 0 aromatic heterocycles. The fraction of sp³-hybridized carbons (Fsp3) is 1.00. The van der Waals surface area contributed by atoms with Gasteiger partial charge in [-0.1, -0.05) is 20.8 Å². The van der Waals surface area contributed by atoms with Gasteiger partial charge in [0.05, 0.1) is 6.10 Å². The minimum absolute atomic E-state index is 0.169. The first kappa shape index (κ1) is 13.0. The summed E-state index contributed by atoms with van der Waals surface area (Å²) >= 11 is 0. The molecule has 1 rings (SSSR count). The summed E-state index contributed by atoms with van der Waals surface area (Å²) in [4.78, 5) is 2.39. The molecule has 0 saturated carbocycles. The van der Waals surface area contributed by atoms with Crippen molar-refractivity contribution < 1.29 is 5.11 Å². The molecular weight excluding hydrogens is 186 g/mol. The Morgan fingerprint density at radius 2 is 1.60 bits per heavy atom. The number of nitrogens with zero attached hydrogens (tertiary/aromatic N) is 1. The summed E-state index contributed by atoms with van der Waals surface area (Å²) in [7, 11) is 0. The quantitative estimate of drug-likeness (QED) is 0.668. The Labute approximate surface area is 94.7 Å². The van der Waals surface area contributed by atoms with E-state index in [2.05, 4.69) is 46.4 Å². The Morgan fingerprint density at radius 1 is 1.07 bits per heavy atom. The van der Waals surface area contributed by atoms with E-state index in [9.17, 15) is 5.11 Å². The molecule has 1 heterocycles. The highest BCUT2D eigenvalue weighted by atomic mass is 16.3. The molecule has 2 heteroatoms. The highest BCUT2D eigenvalue weighted by molar-refractivity contribution is 4.90. The number of hydrogen-bond acceptors (Lipinski definition) is 2. The molecule has 0 aromatic carbocycles. The SMILES string of the molecule is CC(C)(C)[C@@H]1CCN(C(C)(C)C)C[C@@H]1O. The zero-order valence-electron chi connectivity index (χ0n) is 11.2. The molecule has 0 spiro atoms. The molecule has 1 fully saturated rings. The largest absolute Gasteiger partial charge is 0.391 e. The first-order valence-corrected chi connectivity index (χ1v) is 6.05. The average Bonchev–Trinajstić information content (AvgIpc) is 1.99. The number of aliphatic hydroxyl groups excluding tert-OH is 1. The lowest BCUT2D eigenvalue weighted by Crippen LogP contribution is -2.54. The second kappa shape index (κ2) is 4.06. The molecule has 1 saturated heterocycles. The highest BCUT2D eigenvalue weighted by Crippen LogP contribution is 2.36. The zero-order valence-corrected chi connectivity index (χ0v) is 11.2. The van der Waals surface area contributed by atoms with E-state index in [1.54, 1.807) is 0 Å². The third-order valence-corrected chi connectivity index (χ3v) is 3.64. The Balaban J connectivity index is 2.64. The molecule has 0 amide bonds. The van der Waals surface area contributed by atoms with Crippen LogP contribution in [0, 0.1) is 11.3 Å². The van der Waals surface area contributed by atoms with E-state index in [0.717, 1.165) is 19.5 Å². The highest BCUT2D eigenvalue weighted by Gasteiger charge is 2.38. The van der Waals surface area contributed by atoms with Gasteiger partial charge in [0.15, 0.2) is 0 Å². The predicted molar refractivity (Wildman–Crippen MR) is 64.9 cm³/mol. The van der Waals surface area contributed by atoms with Crippen LogP contribution >= 0.6 is 0 Å². The van der Waals surface area contributed by atoms with E-state index >= 15 is 0 Å². The monoisotopic (exact) mass is 213 g/mol. The van der Waals surface area contributed by atoms with Gasteiger partial charge in [0.2, 0.25) is 0 Å². The zero-order chi connectivity index (χ0) is 11.9. The van der Waals surface area contributed by atoms with Crippen molar-refractivity contribution in [2.24, 2.45) is 11.3 Å². The molecular formula is C13H27NO. The van der Waals surface area contributed by atoms with Crippen molar-refractivity contribution in [2.75, 3.05) is 13.1 Å². The van der Waals surface area contributed by atoms with Gasteiger partial charge in [0, 0.05) is 12.1 Å². The number of hydrogen-bond donors (Lipinski definition) is 1. The van der Waals surface area contributed by atoms with Crippen molar-refractivity contribution in [3.8, 4) is 0 Å². The van der Waals surface area contributed by atoms with E-state index < -0.39 is 0 Å². The molecule has 0 unspecified atom stereocenters. The minimum Gasteiger partial charge on any atom is -0.391 e. The van der Waals surface area contributed by atoms with Gasteiger partial charge in [0.25, 0.3) is 0 Å². The van der Waals surface area contributed by atoms with E-state index in [4.69, 9.17) is 0 Å². The van der Waals surface area contributed by atoms with Gasteiger partial charge in [-0.25, -0.2) is 0 Å². The van der Waals surface area contributed by atoms with Crippen LogP contribution in [0.15, 0.2) is 0 Å². The van der Waals surface area contributed by atoms with Crippen molar-refractivity contribution in [2.45, 2.75) is 59.6 Å². The topological polar surface area (TPSA) is 23.5 Å². The Morgan fingerprint density at radius 3 is 1.93 bits per heavy atom. The second-order valence-corrected chi connectivity index (χ2v) is 6.95. The summed E-state index contributed by atoms with van der Waals surface area (Å²) < 4.78 is 0.